The lowest BCUT2D eigenvalue weighted by atomic mass is 10.0. The van der Waals surface area contributed by atoms with Crippen LogP contribution < -0.4 is 5.73 Å². The maximum absolute atomic E-state index is 12.7. The molecule has 0 aliphatic heterocycles. The van der Waals surface area contributed by atoms with Gasteiger partial charge < -0.3 is 20.1 Å². The van der Waals surface area contributed by atoms with Gasteiger partial charge in [-0.15, -0.1) is 0 Å². The molecule has 68 heavy (non-hydrogen) atoms. The van der Waals surface area contributed by atoms with E-state index >= 15 is 0 Å². The first-order valence-corrected chi connectivity index (χ1v) is 28.7. The van der Waals surface area contributed by atoms with Gasteiger partial charge in [0.05, 0.1) is 13.2 Å². The monoisotopic (exact) mass is 970 g/mol. The van der Waals surface area contributed by atoms with Crippen molar-refractivity contribution < 1.29 is 37.6 Å². The molecule has 0 amide bonds. The number of nitrogens with two attached hydrogens (primary N) is 1. The molecular formula is C58H100NO8P. The number of carbonyl (C=O) groups is 2. The molecule has 0 saturated carbocycles. The van der Waals surface area contributed by atoms with Gasteiger partial charge in [-0.3, -0.25) is 18.6 Å². The quantitative estimate of drug-likeness (QED) is 0.0264. The lowest BCUT2D eigenvalue weighted by Crippen LogP contribution is -2.29. The zero-order chi connectivity index (χ0) is 49.5. The summed E-state index contributed by atoms with van der Waals surface area (Å²) in [5.74, 6) is -0.879. The van der Waals surface area contributed by atoms with Crippen molar-refractivity contribution in [2.24, 2.45) is 5.73 Å². The van der Waals surface area contributed by atoms with Gasteiger partial charge in [-0.05, 0) is 77.0 Å². The number of allylic oxidation sites excluding steroid dienone is 16. The molecule has 0 rings (SSSR count). The second-order valence-electron chi connectivity index (χ2n) is 17.7. The normalized spacial score (nSPS) is 13.9. The Bertz CT molecular complexity index is 1430. The van der Waals surface area contributed by atoms with Gasteiger partial charge >= 0.3 is 19.8 Å². The number of carbonyl (C=O) groups excluding carboxylic acids is 2. The SMILES string of the molecule is CC/C=C\C/C=C\C/C=C\C/C=C\C/C=C\C/C=C\C/C=C\C/C=C\CCCCC(=O)OC(COC(=O)CCCCCCCCCCCCCCCCCCCCCC)COP(=O)(O)OCCN. The van der Waals surface area contributed by atoms with Crippen molar-refractivity contribution in [1.82, 2.24) is 0 Å². The first-order chi connectivity index (χ1) is 33.3. The highest BCUT2D eigenvalue weighted by molar-refractivity contribution is 7.47. The number of hydrogen-bond acceptors (Lipinski definition) is 8. The number of esters is 2. The van der Waals surface area contributed by atoms with Gasteiger partial charge in [-0.1, -0.05) is 233 Å². The Labute approximate surface area is 416 Å². The van der Waals surface area contributed by atoms with E-state index < -0.39 is 32.5 Å². The Morgan fingerprint density at radius 3 is 1.21 bits per heavy atom. The largest absolute Gasteiger partial charge is 0.472 e. The van der Waals surface area contributed by atoms with E-state index in [0.29, 0.717) is 6.42 Å². The first-order valence-electron chi connectivity index (χ1n) is 27.2. The van der Waals surface area contributed by atoms with Crippen LogP contribution in [0, 0.1) is 0 Å². The molecule has 0 heterocycles. The number of rotatable bonds is 50. The van der Waals surface area contributed by atoms with Crippen molar-refractivity contribution in [3.05, 3.63) is 97.2 Å². The van der Waals surface area contributed by atoms with Gasteiger partial charge in [0, 0.05) is 19.4 Å². The van der Waals surface area contributed by atoms with Crippen LogP contribution in [0.15, 0.2) is 97.2 Å². The van der Waals surface area contributed by atoms with Gasteiger partial charge in [0.25, 0.3) is 0 Å². The molecule has 3 N–H and O–H groups in total. The Kier molecular flexibility index (Phi) is 50.9. The molecule has 0 radical (unpaired) electrons. The second-order valence-corrected chi connectivity index (χ2v) is 19.2. The third kappa shape index (κ3) is 52.3. The van der Waals surface area contributed by atoms with Crippen LogP contribution in [0.3, 0.4) is 0 Å². The molecule has 0 aromatic carbocycles. The van der Waals surface area contributed by atoms with Gasteiger partial charge in [0.15, 0.2) is 6.10 Å². The van der Waals surface area contributed by atoms with Gasteiger partial charge in [0.1, 0.15) is 6.61 Å². The number of phosphoric acid groups is 1. The smallest absolute Gasteiger partial charge is 0.462 e. The van der Waals surface area contributed by atoms with Crippen molar-refractivity contribution in [2.45, 2.75) is 232 Å². The molecule has 0 aromatic rings. The Morgan fingerprint density at radius 1 is 0.456 bits per heavy atom. The summed E-state index contributed by atoms with van der Waals surface area (Å²) in [6.07, 6.45) is 70.3. The van der Waals surface area contributed by atoms with E-state index in [9.17, 15) is 19.0 Å². The molecule has 9 nitrogen and oxygen atoms in total. The molecule has 0 aliphatic rings. The topological polar surface area (TPSA) is 134 Å². The summed E-state index contributed by atoms with van der Waals surface area (Å²) in [6.45, 7) is 3.59. The zero-order valence-electron chi connectivity index (χ0n) is 43.3. The van der Waals surface area contributed by atoms with E-state index in [0.717, 1.165) is 83.5 Å². The number of hydrogen-bond donors (Lipinski definition) is 2. The summed E-state index contributed by atoms with van der Waals surface area (Å²) in [7, 11) is -4.40. The number of phosphoric ester groups is 1. The molecule has 0 bridgehead atoms. The Morgan fingerprint density at radius 2 is 0.809 bits per heavy atom. The highest BCUT2D eigenvalue weighted by atomic mass is 31.2. The summed E-state index contributed by atoms with van der Waals surface area (Å²) in [5, 5.41) is 0. The van der Waals surface area contributed by atoms with Crippen molar-refractivity contribution in [1.29, 1.82) is 0 Å². The Balaban J connectivity index is 4.14. The van der Waals surface area contributed by atoms with Crippen LogP contribution in [0.5, 0.6) is 0 Å². The fourth-order valence-electron chi connectivity index (χ4n) is 7.24. The van der Waals surface area contributed by atoms with E-state index in [1.807, 2.05) is 0 Å². The van der Waals surface area contributed by atoms with Gasteiger partial charge in [-0.25, -0.2) is 4.57 Å². The highest BCUT2D eigenvalue weighted by Crippen LogP contribution is 2.43. The summed E-state index contributed by atoms with van der Waals surface area (Å²) in [6, 6.07) is 0. The highest BCUT2D eigenvalue weighted by Gasteiger charge is 2.26. The minimum absolute atomic E-state index is 0.0421. The van der Waals surface area contributed by atoms with E-state index in [1.54, 1.807) is 0 Å². The van der Waals surface area contributed by atoms with Crippen LogP contribution in [0.2, 0.25) is 0 Å². The second kappa shape index (κ2) is 53.3. The minimum Gasteiger partial charge on any atom is -0.462 e. The van der Waals surface area contributed by atoms with E-state index in [2.05, 4.69) is 111 Å². The molecule has 10 heteroatoms. The number of ether oxygens (including phenoxy) is 2. The average Bonchev–Trinajstić information content (AvgIpc) is 3.33. The van der Waals surface area contributed by atoms with E-state index in [-0.39, 0.29) is 32.6 Å². The van der Waals surface area contributed by atoms with Crippen molar-refractivity contribution in [3.8, 4) is 0 Å². The maximum Gasteiger partial charge on any atom is 0.472 e. The summed E-state index contributed by atoms with van der Waals surface area (Å²) in [4.78, 5) is 35.1. The first kappa shape index (κ1) is 64.9. The molecular weight excluding hydrogens is 870 g/mol. The molecule has 0 spiro atoms. The molecule has 0 saturated heterocycles. The molecule has 0 aromatic heterocycles. The van der Waals surface area contributed by atoms with Crippen LogP contribution in [-0.2, 0) is 32.7 Å². The predicted octanol–water partition coefficient (Wildman–Crippen LogP) is 16.9. The Hall–Kier alpha value is -3.07. The molecule has 2 atom stereocenters. The van der Waals surface area contributed by atoms with E-state index in [4.69, 9.17) is 24.3 Å². The van der Waals surface area contributed by atoms with Crippen LogP contribution >= 0.6 is 7.82 Å². The molecule has 390 valence electrons. The maximum atomic E-state index is 12.7. The van der Waals surface area contributed by atoms with Gasteiger partial charge in [-0.2, -0.15) is 0 Å². The summed E-state index contributed by atoms with van der Waals surface area (Å²) in [5.41, 5.74) is 5.37. The zero-order valence-corrected chi connectivity index (χ0v) is 44.2. The van der Waals surface area contributed by atoms with Crippen LogP contribution in [0.1, 0.15) is 226 Å². The minimum atomic E-state index is -4.40. The van der Waals surface area contributed by atoms with Crippen LogP contribution in [0.4, 0.5) is 0 Å². The van der Waals surface area contributed by atoms with Crippen molar-refractivity contribution >= 4 is 19.8 Å². The standard InChI is InChI=1S/C58H100NO8P/c1-3-5-7-9-11-13-15-17-19-21-23-25-26-27-28-29-30-31-33-35-37-39-41-43-45-47-49-51-58(61)67-56(55-66-68(62,63)65-53-52-59)54-64-57(60)50-48-46-44-42-40-38-36-34-32-24-22-20-18-16-14-12-10-8-6-4-2/h5,7,11,13,17,19,23,25,27-28,30-31,35,37,41,43,56H,3-4,6,8-10,12,14-16,18,20-22,24,26,29,32-34,36,38-40,42,44-55,59H2,1-2H3,(H,62,63)/b7-5-,13-11-,19-17-,25-23-,28-27-,31-30-,37-35-,43-41-. The molecule has 0 fully saturated rings. The fourth-order valence-corrected chi connectivity index (χ4v) is 8.00. The summed E-state index contributed by atoms with van der Waals surface area (Å²) < 4.78 is 32.9. The summed E-state index contributed by atoms with van der Waals surface area (Å²) >= 11 is 0. The lowest BCUT2D eigenvalue weighted by Gasteiger charge is -2.19. The lowest BCUT2D eigenvalue weighted by molar-refractivity contribution is -0.161. The van der Waals surface area contributed by atoms with E-state index in [1.165, 1.54) is 109 Å². The predicted molar refractivity (Wildman–Crippen MR) is 288 cm³/mol. The van der Waals surface area contributed by atoms with Crippen LogP contribution in [0.25, 0.3) is 0 Å². The fraction of sp³-hybridized carbons (Fsp3) is 0.690. The van der Waals surface area contributed by atoms with Crippen molar-refractivity contribution in [2.75, 3.05) is 26.4 Å². The van der Waals surface area contributed by atoms with Gasteiger partial charge in [0.2, 0.25) is 0 Å². The third-order valence-electron chi connectivity index (χ3n) is 11.2. The third-order valence-corrected chi connectivity index (χ3v) is 12.2. The molecule has 0 aliphatic carbocycles. The van der Waals surface area contributed by atoms with Crippen molar-refractivity contribution in [3.63, 3.8) is 0 Å². The number of unbranched alkanes of at least 4 members (excludes halogenated alkanes) is 21. The average molecular weight is 970 g/mol. The molecule has 2 unspecified atom stereocenters. The van der Waals surface area contributed by atoms with Crippen LogP contribution in [-0.4, -0.2) is 49.3 Å².